The second kappa shape index (κ2) is 30.5. The molecule has 10 unspecified atom stereocenters. The molecule has 10 atom stereocenters. The molecule has 357 valence electrons. The topological polar surface area (TPSA) is 414 Å². The van der Waals surface area contributed by atoms with E-state index in [4.69, 9.17) is 15.3 Å². The number of aliphatic hydroxyl groups is 6. The smallest absolute Gasteiger partial charge is 0.275 e. The zero-order valence-corrected chi connectivity index (χ0v) is 34.9. The van der Waals surface area contributed by atoms with Gasteiger partial charge in [0.15, 0.2) is 0 Å². The number of aliphatic hydroxyl groups excluding tert-OH is 3. The Balaban J connectivity index is 5.08. The average molecular weight is 900 g/mol. The molecule has 0 aromatic heterocycles. The lowest BCUT2D eigenvalue weighted by atomic mass is 9.90. The normalized spacial score (nSPS) is 16.7. The minimum atomic E-state index is -2.86. The van der Waals surface area contributed by atoms with Crippen molar-refractivity contribution in [3.63, 3.8) is 0 Å². The summed E-state index contributed by atoms with van der Waals surface area (Å²) in [7, 11) is 0. The Hall–Kier alpha value is -4.50. The molecule has 0 bridgehead atoms. The van der Waals surface area contributed by atoms with Gasteiger partial charge in [0.2, 0.25) is 42.5 Å². The summed E-state index contributed by atoms with van der Waals surface area (Å²) in [5.74, 6) is -4.78. The summed E-state index contributed by atoms with van der Waals surface area (Å²) in [5, 5.41) is 128. The van der Waals surface area contributed by atoms with Crippen molar-refractivity contribution in [2.45, 2.75) is 209 Å². The minimum Gasteiger partial charge on any atom is -0.386 e. The highest BCUT2D eigenvalue weighted by Crippen LogP contribution is 2.24. The van der Waals surface area contributed by atoms with Crippen LogP contribution in [0.25, 0.3) is 0 Å². The maximum absolute atomic E-state index is 12.7. The second-order valence-corrected chi connectivity index (χ2v) is 15.9. The average Bonchev–Trinajstić information content (AvgIpc) is 3.16. The van der Waals surface area contributed by atoms with Gasteiger partial charge in [-0.2, -0.15) is 0 Å². The van der Waals surface area contributed by atoms with Crippen LogP contribution in [0.2, 0.25) is 0 Å². The summed E-state index contributed by atoms with van der Waals surface area (Å²) in [4.78, 5) is 89.5. The van der Waals surface area contributed by atoms with Gasteiger partial charge in [-0.25, -0.2) is 0 Å². The van der Waals surface area contributed by atoms with Crippen LogP contribution in [0.5, 0.6) is 0 Å². The maximum atomic E-state index is 12.7. The maximum Gasteiger partial charge on any atom is 0.275 e. The lowest BCUT2D eigenvalue weighted by Gasteiger charge is -2.23. The fourth-order valence-corrected chi connectivity index (χ4v) is 7.27. The van der Waals surface area contributed by atoms with Gasteiger partial charge in [0.1, 0.15) is 24.1 Å². The molecule has 0 aliphatic rings. The van der Waals surface area contributed by atoms with E-state index in [-0.39, 0.29) is 89.9 Å². The van der Waals surface area contributed by atoms with Crippen LogP contribution in [0.3, 0.4) is 0 Å². The number of hydrogen-bond donors (Lipinski definition) is 6. The molecule has 0 rings (SSSR count). The Labute approximate surface area is 357 Å². The van der Waals surface area contributed by atoms with Crippen molar-refractivity contribution in [2.75, 3.05) is 0 Å². The van der Waals surface area contributed by atoms with Gasteiger partial charge in [0.05, 0.1) is 18.8 Å². The number of ketones is 1. The van der Waals surface area contributed by atoms with E-state index in [1.807, 2.05) is 6.92 Å². The summed E-state index contributed by atoms with van der Waals surface area (Å²) < 4.78 is 0. The van der Waals surface area contributed by atoms with Gasteiger partial charge in [-0.05, 0) is 44.9 Å². The summed E-state index contributed by atoms with van der Waals surface area (Å²) in [6, 6.07) is -9.36. The number of carbonyl (C=O) groups is 1. The van der Waals surface area contributed by atoms with Crippen molar-refractivity contribution in [3.8, 4) is 0 Å². The van der Waals surface area contributed by atoms with Crippen molar-refractivity contribution in [1.29, 1.82) is 0 Å². The van der Waals surface area contributed by atoms with E-state index < -0.39 is 127 Å². The molecular weight excluding hydrogens is 836 g/mol. The van der Waals surface area contributed by atoms with E-state index >= 15 is 0 Å². The Kier molecular flexibility index (Phi) is 28.3. The fraction of sp³-hybridized carbons (Fsp3) is 0.944. The van der Waals surface area contributed by atoms with Crippen LogP contribution >= 0.6 is 0 Å². The molecule has 0 aromatic rings. The second-order valence-electron chi connectivity index (χ2n) is 15.9. The van der Waals surface area contributed by atoms with Gasteiger partial charge in [0.25, 0.3) is 5.97 Å². The summed E-state index contributed by atoms with van der Waals surface area (Å²) in [6.45, 7) is 1.84. The predicted octanol–water partition coefficient (Wildman–Crippen LogP) is 2.47. The Morgan fingerprint density at radius 3 is 1.42 bits per heavy atom. The van der Waals surface area contributed by atoms with Gasteiger partial charge in [-0.3, -0.25) is 70.3 Å². The number of unbranched alkanes of at least 4 members (excludes halogenated alkanes) is 6. The van der Waals surface area contributed by atoms with Crippen LogP contribution in [0.1, 0.15) is 148 Å². The van der Waals surface area contributed by atoms with Crippen LogP contribution in [0.4, 0.5) is 0 Å². The van der Waals surface area contributed by atoms with E-state index in [1.165, 1.54) is 0 Å². The molecule has 0 aromatic carbocycles. The largest absolute Gasteiger partial charge is 0.386 e. The lowest BCUT2D eigenvalue weighted by molar-refractivity contribution is -0.564. The van der Waals surface area contributed by atoms with Gasteiger partial charge in [0, 0.05) is 87.3 Å². The summed E-state index contributed by atoms with van der Waals surface area (Å²) >= 11 is 0. The fourth-order valence-electron chi connectivity index (χ4n) is 7.27. The number of nitro groups is 6. The van der Waals surface area contributed by atoms with Crippen molar-refractivity contribution in [3.05, 3.63) is 60.7 Å². The quantitative estimate of drug-likeness (QED) is 0.0169. The summed E-state index contributed by atoms with van der Waals surface area (Å²) in [5.41, 5.74) is 0. The zero-order valence-electron chi connectivity index (χ0n) is 34.9. The lowest BCUT2D eigenvalue weighted by Crippen LogP contribution is -2.45. The third-order valence-electron chi connectivity index (χ3n) is 11.0. The molecule has 1 radical (unpaired) electrons. The molecule has 0 saturated heterocycles. The standard InChI is InChI=1S/C36H63N6O20/c1-2-3-6-15-29(40(57)58)33(45)22-31(42(61)62)35(47)23-34(46)30(41(59)60)16-11-12-25(24-43)32(44)17-9-4-7-14-27(38(53)54)21-28(39(55)56)19-18-26(37(51)52)13-8-5-10-20-36(48,49)50/h25-31,33-35,45-50H,2-23H2,1H3. The molecule has 0 heterocycles. The SMILES string of the molecule is CCCCCC(C(O)CC(C(O)CC(O)C(CCCC([C]=O)C(=O)CCCCCC(CC(CCC(CCCCCC(O)(O)O)[N+](=O)[O-])[N+](=O)[O-])[N+](=O)[O-])[N+](=O)[O-])[N+](=O)[O-])[N+](=O)[O-]. The highest BCUT2D eigenvalue weighted by molar-refractivity contribution is 5.93. The Morgan fingerprint density at radius 1 is 0.500 bits per heavy atom. The van der Waals surface area contributed by atoms with Crippen molar-refractivity contribution in [2.24, 2.45) is 5.92 Å². The molecule has 0 fully saturated rings. The molecule has 0 amide bonds. The van der Waals surface area contributed by atoms with Crippen LogP contribution in [0, 0.1) is 66.6 Å². The number of nitrogens with zero attached hydrogens (tertiary/aromatic N) is 6. The molecule has 0 spiro atoms. The first kappa shape index (κ1) is 57.5. The first-order chi connectivity index (χ1) is 29.0. The van der Waals surface area contributed by atoms with E-state index in [0.29, 0.717) is 19.3 Å². The molecule has 62 heavy (non-hydrogen) atoms. The van der Waals surface area contributed by atoms with Gasteiger partial charge >= 0.3 is 0 Å². The number of rotatable bonds is 40. The molecule has 0 aliphatic carbocycles. The Morgan fingerprint density at radius 2 is 0.935 bits per heavy atom. The van der Waals surface area contributed by atoms with E-state index in [2.05, 4.69) is 0 Å². The molecule has 6 N–H and O–H groups in total. The minimum absolute atomic E-state index is 0.0132. The van der Waals surface area contributed by atoms with Crippen molar-refractivity contribution >= 4 is 12.1 Å². The predicted molar refractivity (Wildman–Crippen MR) is 214 cm³/mol. The monoisotopic (exact) mass is 899 g/mol. The molecule has 0 saturated carbocycles. The molecular formula is C36H63N6O20. The van der Waals surface area contributed by atoms with E-state index in [0.717, 1.165) is 6.42 Å². The van der Waals surface area contributed by atoms with Crippen LogP contribution < -0.4 is 0 Å². The molecule has 26 heteroatoms. The summed E-state index contributed by atoms with van der Waals surface area (Å²) in [6.07, 6.45) is -5.65. The van der Waals surface area contributed by atoms with Gasteiger partial charge < -0.3 is 30.6 Å². The van der Waals surface area contributed by atoms with Crippen LogP contribution in [0.15, 0.2) is 0 Å². The number of Topliss-reactive ketones (excluding diaryl/α,β-unsaturated/α-hetero) is 1. The van der Waals surface area contributed by atoms with Crippen molar-refractivity contribution < 1.29 is 69.8 Å². The van der Waals surface area contributed by atoms with Crippen LogP contribution in [-0.4, -0.2) is 133 Å². The zero-order chi connectivity index (χ0) is 47.6. The van der Waals surface area contributed by atoms with E-state index in [9.17, 15) is 85.6 Å². The number of carbonyl (C=O) groups excluding carboxylic acids is 2. The number of hydrogen-bond acceptors (Lipinski definition) is 20. The van der Waals surface area contributed by atoms with Gasteiger partial charge in [-0.15, -0.1) is 0 Å². The van der Waals surface area contributed by atoms with E-state index in [1.54, 1.807) is 6.29 Å². The first-order valence-electron chi connectivity index (χ1n) is 20.9. The molecule has 26 nitrogen and oxygen atoms in total. The third kappa shape index (κ3) is 24.2. The van der Waals surface area contributed by atoms with Gasteiger partial charge in [-0.1, -0.05) is 32.6 Å². The van der Waals surface area contributed by atoms with Crippen LogP contribution in [-0.2, 0) is 9.59 Å². The Bertz CT molecular complexity index is 1420. The highest BCUT2D eigenvalue weighted by atomic mass is 16.7. The van der Waals surface area contributed by atoms with Crippen molar-refractivity contribution in [1.82, 2.24) is 0 Å². The highest BCUT2D eigenvalue weighted by Gasteiger charge is 2.42. The molecule has 0 aliphatic heterocycles. The third-order valence-corrected chi connectivity index (χ3v) is 11.0. The first-order valence-corrected chi connectivity index (χ1v) is 20.9.